The maximum Gasteiger partial charge on any atom is 0.340 e. The standard InChI is InChI=1S/C16H18F4O4/c1-10-5-3-6-12(11(10)2)24-14(22)8-4-7-13(21)23-9-16(19,20)15(17)18/h3,5-6,15H,4,7-9H2,1-2H3. The maximum atomic E-state index is 12.6. The molecule has 4 nitrogen and oxygen atoms in total. The Morgan fingerprint density at radius 3 is 2.38 bits per heavy atom. The van der Waals surface area contributed by atoms with Gasteiger partial charge in [0, 0.05) is 12.8 Å². The zero-order valence-electron chi connectivity index (χ0n) is 13.3. The van der Waals surface area contributed by atoms with E-state index in [9.17, 15) is 27.2 Å². The number of benzene rings is 1. The van der Waals surface area contributed by atoms with E-state index in [2.05, 4.69) is 4.74 Å². The van der Waals surface area contributed by atoms with Crippen LogP contribution in [-0.2, 0) is 14.3 Å². The molecule has 1 aromatic rings. The fourth-order valence-electron chi connectivity index (χ4n) is 1.70. The second-order valence-corrected chi connectivity index (χ2v) is 5.25. The smallest absolute Gasteiger partial charge is 0.340 e. The summed E-state index contributed by atoms with van der Waals surface area (Å²) < 4.78 is 58.1. The highest BCUT2D eigenvalue weighted by molar-refractivity contribution is 5.74. The normalized spacial score (nSPS) is 11.5. The van der Waals surface area contributed by atoms with Crippen LogP contribution < -0.4 is 4.74 Å². The van der Waals surface area contributed by atoms with Crippen molar-refractivity contribution in [3.05, 3.63) is 29.3 Å². The van der Waals surface area contributed by atoms with Crippen LogP contribution in [0.1, 0.15) is 30.4 Å². The lowest BCUT2D eigenvalue weighted by molar-refractivity contribution is -0.179. The van der Waals surface area contributed by atoms with Crippen LogP contribution in [0.3, 0.4) is 0 Å². The van der Waals surface area contributed by atoms with Crippen LogP contribution in [0.4, 0.5) is 17.6 Å². The molecule has 0 aliphatic carbocycles. The van der Waals surface area contributed by atoms with Crippen molar-refractivity contribution in [1.29, 1.82) is 0 Å². The highest BCUT2D eigenvalue weighted by Crippen LogP contribution is 2.23. The maximum absolute atomic E-state index is 12.6. The van der Waals surface area contributed by atoms with Crippen LogP contribution in [0.25, 0.3) is 0 Å². The first-order chi connectivity index (χ1) is 11.1. The lowest BCUT2D eigenvalue weighted by atomic mass is 10.1. The number of ether oxygens (including phenoxy) is 2. The van der Waals surface area contributed by atoms with E-state index < -0.39 is 30.9 Å². The molecule has 0 aliphatic heterocycles. The van der Waals surface area contributed by atoms with E-state index >= 15 is 0 Å². The first-order valence-corrected chi connectivity index (χ1v) is 7.22. The number of halogens is 4. The van der Waals surface area contributed by atoms with Crippen molar-refractivity contribution in [3.63, 3.8) is 0 Å². The molecule has 0 spiro atoms. The number of hydrogen-bond donors (Lipinski definition) is 0. The second kappa shape index (κ2) is 8.65. The van der Waals surface area contributed by atoms with E-state index in [1.807, 2.05) is 13.0 Å². The highest BCUT2D eigenvalue weighted by atomic mass is 19.3. The molecule has 0 saturated carbocycles. The molecule has 134 valence electrons. The summed E-state index contributed by atoms with van der Waals surface area (Å²) in [4.78, 5) is 22.9. The van der Waals surface area contributed by atoms with Gasteiger partial charge in [-0.3, -0.25) is 9.59 Å². The molecular formula is C16H18F4O4. The van der Waals surface area contributed by atoms with E-state index in [0.29, 0.717) is 5.75 Å². The van der Waals surface area contributed by atoms with Gasteiger partial charge in [0.2, 0.25) is 0 Å². The molecule has 0 aliphatic rings. The molecule has 0 saturated heterocycles. The molecule has 1 rings (SSSR count). The van der Waals surface area contributed by atoms with Crippen molar-refractivity contribution in [1.82, 2.24) is 0 Å². The monoisotopic (exact) mass is 350 g/mol. The fourth-order valence-corrected chi connectivity index (χ4v) is 1.70. The van der Waals surface area contributed by atoms with E-state index in [1.165, 1.54) is 0 Å². The number of esters is 2. The van der Waals surface area contributed by atoms with Crippen molar-refractivity contribution in [2.75, 3.05) is 6.61 Å². The third-order valence-corrected chi connectivity index (χ3v) is 3.29. The quantitative estimate of drug-likeness (QED) is 0.406. The Labute approximate surface area is 136 Å². The molecule has 0 heterocycles. The van der Waals surface area contributed by atoms with E-state index in [0.717, 1.165) is 11.1 Å². The molecule has 0 atom stereocenters. The van der Waals surface area contributed by atoms with Crippen molar-refractivity contribution >= 4 is 11.9 Å². The Bertz CT molecular complexity index is 587. The van der Waals surface area contributed by atoms with Crippen LogP contribution in [0.15, 0.2) is 18.2 Å². The minimum atomic E-state index is -4.38. The van der Waals surface area contributed by atoms with Crippen LogP contribution in [0.2, 0.25) is 0 Å². The minimum Gasteiger partial charge on any atom is -0.459 e. The predicted octanol–water partition coefficient (Wildman–Crippen LogP) is 3.82. The van der Waals surface area contributed by atoms with Gasteiger partial charge in [-0.25, -0.2) is 8.78 Å². The van der Waals surface area contributed by atoms with E-state index in [1.54, 1.807) is 19.1 Å². The summed E-state index contributed by atoms with van der Waals surface area (Å²) in [5, 5.41) is 0. The Kier molecular flexibility index (Phi) is 7.18. The van der Waals surface area contributed by atoms with Crippen molar-refractivity contribution in [3.8, 4) is 5.75 Å². The Morgan fingerprint density at radius 1 is 1.12 bits per heavy atom. The van der Waals surface area contributed by atoms with Crippen LogP contribution >= 0.6 is 0 Å². The van der Waals surface area contributed by atoms with Gasteiger partial charge < -0.3 is 9.47 Å². The van der Waals surface area contributed by atoms with Gasteiger partial charge in [-0.2, -0.15) is 8.78 Å². The second-order valence-electron chi connectivity index (χ2n) is 5.25. The number of alkyl halides is 4. The Balaban J connectivity index is 2.33. The highest BCUT2D eigenvalue weighted by Gasteiger charge is 2.42. The summed E-state index contributed by atoms with van der Waals surface area (Å²) in [6.07, 6.45) is -4.38. The number of hydrogen-bond acceptors (Lipinski definition) is 4. The van der Waals surface area contributed by atoms with Crippen LogP contribution in [0.5, 0.6) is 5.75 Å². The predicted molar refractivity (Wildman–Crippen MR) is 77.3 cm³/mol. The minimum absolute atomic E-state index is 0.00276. The first-order valence-electron chi connectivity index (χ1n) is 7.22. The van der Waals surface area contributed by atoms with Gasteiger partial charge in [0.1, 0.15) is 5.75 Å². The molecule has 0 radical (unpaired) electrons. The van der Waals surface area contributed by atoms with Gasteiger partial charge in [-0.15, -0.1) is 0 Å². The number of aryl methyl sites for hydroxylation is 1. The summed E-state index contributed by atoms with van der Waals surface area (Å²) >= 11 is 0. The molecule has 0 N–H and O–H groups in total. The topological polar surface area (TPSA) is 52.6 Å². The molecular weight excluding hydrogens is 332 g/mol. The van der Waals surface area contributed by atoms with Gasteiger partial charge in [-0.1, -0.05) is 12.1 Å². The Morgan fingerprint density at radius 2 is 1.75 bits per heavy atom. The fraction of sp³-hybridized carbons (Fsp3) is 0.500. The average molecular weight is 350 g/mol. The SMILES string of the molecule is Cc1cccc(OC(=O)CCCC(=O)OCC(F)(F)C(F)F)c1C. The van der Waals surface area contributed by atoms with Gasteiger partial charge in [0.25, 0.3) is 0 Å². The average Bonchev–Trinajstić information content (AvgIpc) is 2.50. The van der Waals surface area contributed by atoms with Gasteiger partial charge in [-0.05, 0) is 37.5 Å². The summed E-state index contributed by atoms with van der Waals surface area (Å²) in [7, 11) is 0. The third kappa shape index (κ3) is 6.17. The number of rotatable bonds is 8. The van der Waals surface area contributed by atoms with Gasteiger partial charge in [0.05, 0.1) is 0 Å². The van der Waals surface area contributed by atoms with Crippen molar-refractivity contribution < 1.29 is 36.6 Å². The van der Waals surface area contributed by atoms with Gasteiger partial charge >= 0.3 is 24.3 Å². The lowest BCUT2D eigenvalue weighted by Gasteiger charge is -2.14. The van der Waals surface area contributed by atoms with Crippen molar-refractivity contribution in [2.24, 2.45) is 0 Å². The van der Waals surface area contributed by atoms with Gasteiger partial charge in [0.15, 0.2) is 6.61 Å². The molecule has 0 aromatic heterocycles. The van der Waals surface area contributed by atoms with E-state index in [-0.39, 0.29) is 19.3 Å². The number of carbonyl (C=O) groups is 2. The first kappa shape index (κ1) is 19.9. The molecule has 0 fully saturated rings. The largest absolute Gasteiger partial charge is 0.459 e. The summed E-state index contributed by atoms with van der Waals surface area (Å²) in [6, 6.07) is 5.21. The number of carbonyl (C=O) groups excluding carboxylic acids is 2. The summed E-state index contributed by atoms with van der Waals surface area (Å²) in [6.45, 7) is 1.97. The lowest BCUT2D eigenvalue weighted by Crippen LogP contribution is -2.33. The molecule has 24 heavy (non-hydrogen) atoms. The van der Waals surface area contributed by atoms with Crippen LogP contribution in [0, 0.1) is 13.8 Å². The summed E-state index contributed by atoms with van der Waals surface area (Å²) in [5.41, 5.74) is 1.75. The zero-order chi connectivity index (χ0) is 18.3. The zero-order valence-corrected chi connectivity index (χ0v) is 13.3. The molecule has 0 unspecified atom stereocenters. The third-order valence-electron chi connectivity index (χ3n) is 3.29. The molecule has 0 bridgehead atoms. The molecule has 1 aromatic carbocycles. The Hall–Kier alpha value is -2.12. The van der Waals surface area contributed by atoms with E-state index in [4.69, 9.17) is 4.74 Å². The molecule has 8 heteroatoms. The van der Waals surface area contributed by atoms with Crippen LogP contribution in [-0.4, -0.2) is 30.9 Å². The molecule has 0 amide bonds. The summed E-state index contributed by atoms with van der Waals surface area (Å²) in [5.74, 6) is -5.64. The van der Waals surface area contributed by atoms with Crippen molar-refractivity contribution in [2.45, 2.75) is 45.5 Å².